The van der Waals surface area contributed by atoms with Crippen molar-refractivity contribution in [3.8, 4) is 11.5 Å². The third kappa shape index (κ3) is 4.96. The van der Waals surface area contributed by atoms with Gasteiger partial charge in [0.25, 0.3) is 0 Å². The Kier molecular flexibility index (Phi) is 6.27. The third-order valence-corrected chi connectivity index (χ3v) is 7.19. The highest BCUT2D eigenvalue weighted by Gasteiger charge is 2.31. The van der Waals surface area contributed by atoms with Crippen molar-refractivity contribution in [2.24, 2.45) is 5.92 Å². The van der Waals surface area contributed by atoms with E-state index in [-0.39, 0.29) is 17.9 Å². The van der Waals surface area contributed by atoms with E-state index >= 15 is 0 Å². The van der Waals surface area contributed by atoms with E-state index in [2.05, 4.69) is 32.2 Å². The smallest absolute Gasteiger partial charge is 0.225 e. The zero-order valence-electron chi connectivity index (χ0n) is 17.8. The molecule has 0 saturated carbocycles. The van der Waals surface area contributed by atoms with Gasteiger partial charge >= 0.3 is 0 Å². The maximum absolute atomic E-state index is 13.1. The van der Waals surface area contributed by atoms with Gasteiger partial charge in [-0.2, -0.15) is 0 Å². The van der Waals surface area contributed by atoms with E-state index < -0.39 is 0 Å². The number of thiazole rings is 1. The van der Waals surface area contributed by atoms with Gasteiger partial charge in [0.2, 0.25) is 5.91 Å². The summed E-state index contributed by atoms with van der Waals surface area (Å²) in [5.41, 5.74) is 1.17. The number of carbonyl (C=O) groups is 1. The zero-order valence-corrected chi connectivity index (χ0v) is 18.6. The Labute approximate surface area is 187 Å². The maximum atomic E-state index is 13.1. The molecule has 5 rings (SSSR count). The zero-order chi connectivity index (χ0) is 21.0. The van der Waals surface area contributed by atoms with Gasteiger partial charge in [0.1, 0.15) is 13.2 Å². The van der Waals surface area contributed by atoms with Crippen molar-refractivity contribution in [2.75, 3.05) is 50.8 Å². The molecule has 166 valence electrons. The maximum Gasteiger partial charge on any atom is 0.225 e. The number of benzene rings is 1. The minimum atomic E-state index is 0.0187. The summed E-state index contributed by atoms with van der Waals surface area (Å²) >= 11 is 1.64. The fourth-order valence-electron chi connectivity index (χ4n) is 4.78. The van der Waals surface area contributed by atoms with E-state index in [1.807, 2.05) is 17.6 Å². The van der Waals surface area contributed by atoms with Gasteiger partial charge < -0.3 is 24.6 Å². The van der Waals surface area contributed by atoms with Crippen LogP contribution in [-0.4, -0.2) is 67.8 Å². The number of hydrogen-bond acceptors (Lipinski definition) is 7. The summed E-state index contributed by atoms with van der Waals surface area (Å²) in [5.74, 6) is 1.80. The van der Waals surface area contributed by atoms with Gasteiger partial charge in [-0.05, 0) is 56.5 Å². The van der Waals surface area contributed by atoms with Crippen LogP contribution in [-0.2, 0) is 11.2 Å². The Morgan fingerprint density at radius 2 is 2.03 bits per heavy atom. The van der Waals surface area contributed by atoms with Crippen LogP contribution < -0.4 is 19.7 Å². The molecule has 1 aromatic carbocycles. The average molecular weight is 443 g/mol. The van der Waals surface area contributed by atoms with Crippen LogP contribution in [0, 0.1) is 5.92 Å². The van der Waals surface area contributed by atoms with Crippen LogP contribution in [0.25, 0.3) is 0 Å². The monoisotopic (exact) mass is 442 g/mol. The molecule has 2 saturated heterocycles. The van der Waals surface area contributed by atoms with Crippen molar-refractivity contribution < 1.29 is 14.3 Å². The van der Waals surface area contributed by atoms with Crippen LogP contribution in [0.5, 0.6) is 11.5 Å². The van der Waals surface area contributed by atoms with Crippen molar-refractivity contribution in [2.45, 2.75) is 31.7 Å². The standard InChI is InChI=1S/C23H30N4O3S/c28-22(18-5-9-27(15-18)23-24-6-12-31-23)25-19(16-26-7-1-2-8-26)13-17-3-4-20-21(14-17)30-11-10-29-20/h3-4,6,12,14,18-19H,1-2,5,7-11,13,15-16H2,(H,25,28)/t18-,19+/m1/s1. The van der Waals surface area contributed by atoms with E-state index in [9.17, 15) is 4.79 Å². The summed E-state index contributed by atoms with van der Waals surface area (Å²) in [6, 6.07) is 6.23. The Hall–Kier alpha value is -2.32. The highest BCUT2D eigenvalue weighted by Crippen LogP contribution is 2.31. The molecule has 2 fully saturated rings. The first-order chi connectivity index (χ1) is 15.2. The first-order valence-electron chi connectivity index (χ1n) is 11.3. The summed E-state index contributed by atoms with van der Waals surface area (Å²) in [6.07, 6.45) is 5.99. The van der Waals surface area contributed by atoms with Gasteiger partial charge in [0.05, 0.1) is 5.92 Å². The molecule has 31 heavy (non-hydrogen) atoms. The second-order valence-corrected chi connectivity index (χ2v) is 9.51. The topological polar surface area (TPSA) is 66.9 Å². The Balaban J connectivity index is 1.24. The van der Waals surface area contributed by atoms with Crippen LogP contribution in [0.4, 0.5) is 5.13 Å². The van der Waals surface area contributed by atoms with Crippen LogP contribution in [0.2, 0.25) is 0 Å². The van der Waals surface area contributed by atoms with Crippen LogP contribution in [0.15, 0.2) is 29.8 Å². The van der Waals surface area contributed by atoms with Gasteiger partial charge in [-0.1, -0.05) is 6.07 Å². The lowest BCUT2D eigenvalue weighted by Gasteiger charge is -2.26. The molecule has 8 heteroatoms. The lowest BCUT2D eigenvalue weighted by molar-refractivity contribution is -0.125. The number of nitrogens with zero attached hydrogens (tertiary/aromatic N) is 3. The predicted octanol–water partition coefficient (Wildman–Crippen LogP) is 2.56. The van der Waals surface area contributed by atoms with Crippen molar-refractivity contribution in [3.63, 3.8) is 0 Å². The third-order valence-electron chi connectivity index (χ3n) is 6.36. The minimum Gasteiger partial charge on any atom is -0.486 e. The highest BCUT2D eigenvalue weighted by atomic mass is 32.1. The molecule has 0 bridgehead atoms. The molecule has 4 heterocycles. The number of rotatable bonds is 7. The molecule has 1 N–H and O–H groups in total. The molecule has 0 aliphatic carbocycles. The number of hydrogen-bond donors (Lipinski definition) is 1. The van der Waals surface area contributed by atoms with Gasteiger partial charge in [-0.3, -0.25) is 4.79 Å². The number of fused-ring (bicyclic) bond motifs is 1. The molecule has 7 nitrogen and oxygen atoms in total. The fourth-order valence-corrected chi connectivity index (χ4v) is 5.46. The SMILES string of the molecule is O=C(N[C@@H](Cc1ccc2c(c1)OCCO2)CN1CCCC1)[C@@H]1CCN(c2nccs2)C1. The van der Waals surface area contributed by atoms with Crippen molar-refractivity contribution >= 4 is 22.4 Å². The van der Waals surface area contributed by atoms with Gasteiger partial charge in [-0.15, -0.1) is 11.3 Å². The second kappa shape index (κ2) is 9.44. The normalized spacial score (nSPS) is 21.9. The second-order valence-electron chi connectivity index (χ2n) is 8.64. The van der Waals surface area contributed by atoms with Crippen LogP contribution >= 0.6 is 11.3 Å². The van der Waals surface area contributed by atoms with E-state index in [4.69, 9.17) is 9.47 Å². The number of ether oxygens (including phenoxy) is 2. The fraction of sp³-hybridized carbons (Fsp3) is 0.565. The molecule has 3 aliphatic rings. The minimum absolute atomic E-state index is 0.0187. The number of aromatic nitrogens is 1. The van der Waals surface area contributed by atoms with Gasteiger partial charge in [0, 0.05) is 37.3 Å². The summed E-state index contributed by atoms with van der Waals surface area (Å²) < 4.78 is 11.4. The summed E-state index contributed by atoms with van der Waals surface area (Å²) in [6.45, 7) is 5.96. The van der Waals surface area contributed by atoms with Crippen molar-refractivity contribution in [1.29, 1.82) is 0 Å². The number of carbonyl (C=O) groups excluding carboxylic acids is 1. The first kappa shape index (κ1) is 20.6. The molecule has 0 radical (unpaired) electrons. The number of anilines is 1. The largest absolute Gasteiger partial charge is 0.486 e. The Morgan fingerprint density at radius 3 is 2.84 bits per heavy atom. The molecule has 3 aliphatic heterocycles. The summed E-state index contributed by atoms with van der Waals surface area (Å²) in [5, 5.41) is 6.39. The van der Waals surface area contributed by atoms with E-state index in [1.54, 1.807) is 11.3 Å². The van der Waals surface area contributed by atoms with Crippen LogP contribution in [0.3, 0.4) is 0 Å². The number of amides is 1. The van der Waals surface area contributed by atoms with E-state index in [0.29, 0.717) is 13.2 Å². The van der Waals surface area contributed by atoms with Gasteiger partial charge in [0.15, 0.2) is 16.6 Å². The summed E-state index contributed by atoms with van der Waals surface area (Å²) in [7, 11) is 0. The van der Waals surface area contributed by atoms with Crippen LogP contribution in [0.1, 0.15) is 24.8 Å². The molecule has 2 atom stereocenters. The average Bonchev–Trinajstić information content (AvgIpc) is 3.55. The van der Waals surface area contributed by atoms with E-state index in [0.717, 1.165) is 62.2 Å². The predicted molar refractivity (Wildman–Crippen MR) is 121 cm³/mol. The lowest BCUT2D eigenvalue weighted by Crippen LogP contribution is -2.46. The highest BCUT2D eigenvalue weighted by molar-refractivity contribution is 7.13. The lowest BCUT2D eigenvalue weighted by atomic mass is 10.0. The molecular weight excluding hydrogens is 412 g/mol. The Bertz CT molecular complexity index is 885. The van der Waals surface area contributed by atoms with Crippen molar-refractivity contribution in [1.82, 2.24) is 15.2 Å². The number of likely N-dealkylation sites (tertiary alicyclic amines) is 1. The Morgan fingerprint density at radius 1 is 1.19 bits per heavy atom. The first-order valence-corrected chi connectivity index (χ1v) is 12.2. The molecule has 0 unspecified atom stereocenters. The van der Waals surface area contributed by atoms with Gasteiger partial charge in [-0.25, -0.2) is 4.98 Å². The van der Waals surface area contributed by atoms with Crippen molar-refractivity contribution in [3.05, 3.63) is 35.3 Å². The molecular formula is C23H30N4O3S. The molecule has 1 amide bonds. The van der Waals surface area contributed by atoms with E-state index in [1.165, 1.54) is 18.4 Å². The molecule has 1 aromatic heterocycles. The molecule has 0 spiro atoms. The number of nitrogens with one attached hydrogen (secondary N) is 1. The summed E-state index contributed by atoms with van der Waals surface area (Å²) in [4.78, 5) is 22.2. The quantitative estimate of drug-likeness (QED) is 0.711. The molecule has 2 aromatic rings.